The Morgan fingerprint density at radius 2 is 0.583 bits per heavy atom. The average molecular weight is 827 g/mol. The second kappa shape index (κ2) is 14.7. The van der Waals surface area contributed by atoms with E-state index in [0.29, 0.717) is 33.8 Å². The number of para-hydroxylation sites is 4. The number of rotatable bonds is 5. The monoisotopic (exact) mass is 826 g/mol. The maximum absolute atomic E-state index is 7.19. The Hall–Kier alpha value is -6.32. The van der Waals surface area contributed by atoms with Gasteiger partial charge in [-0.3, -0.25) is 0 Å². The molecule has 0 amide bonds. The Bertz CT molecular complexity index is 3030. The Labute approximate surface area is 350 Å². The van der Waals surface area contributed by atoms with E-state index in [4.69, 9.17) is 25.8 Å². The third kappa shape index (κ3) is 6.80. The highest BCUT2D eigenvalue weighted by Crippen LogP contribution is 2.53. The van der Waals surface area contributed by atoms with Gasteiger partial charge in [0.25, 0.3) is 0 Å². The number of benzene rings is 8. The molecule has 0 radical (unpaired) electrons. The lowest BCUT2D eigenvalue weighted by atomic mass is 9.79. The van der Waals surface area contributed by atoms with Gasteiger partial charge in [0, 0.05) is 32.7 Å². The van der Waals surface area contributed by atoms with E-state index in [0.717, 1.165) is 65.3 Å². The first-order valence-electron chi connectivity index (χ1n) is 20.2. The lowest BCUT2D eigenvalue weighted by Crippen LogP contribution is -2.13. The van der Waals surface area contributed by atoms with Gasteiger partial charge in [-0.1, -0.05) is 163 Å². The van der Waals surface area contributed by atoms with Gasteiger partial charge in [0.2, 0.25) is 0 Å². The van der Waals surface area contributed by atoms with Gasteiger partial charge in [-0.25, -0.2) is 0 Å². The molecule has 8 aromatic carbocycles. The van der Waals surface area contributed by atoms with Gasteiger partial charge in [0.05, 0.1) is 0 Å². The zero-order chi connectivity index (χ0) is 41.2. The van der Waals surface area contributed by atoms with E-state index in [9.17, 15) is 0 Å². The second-order valence-electron chi connectivity index (χ2n) is 17.2. The van der Waals surface area contributed by atoms with Crippen LogP contribution in [0.2, 0.25) is 0 Å². The fourth-order valence-electron chi connectivity index (χ4n) is 8.27. The van der Waals surface area contributed by atoms with Crippen LogP contribution in [-0.2, 0) is 10.8 Å². The molecule has 0 fully saturated rings. The molecule has 0 spiro atoms. The van der Waals surface area contributed by atoms with E-state index in [2.05, 4.69) is 126 Å². The summed E-state index contributed by atoms with van der Waals surface area (Å²) in [5.41, 5.74) is 6.29. The Morgan fingerprint density at radius 3 is 0.867 bits per heavy atom. The first-order chi connectivity index (χ1) is 29.0. The summed E-state index contributed by atoms with van der Waals surface area (Å²) in [5, 5.41) is 8.04. The summed E-state index contributed by atoms with van der Waals surface area (Å²) in [6, 6.07) is 53.5. The first-order valence-corrected chi connectivity index (χ1v) is 22.4. The van der Waals surface area contributed by atoms with Crippen molar-refractivity contribution < 1.29 is 25.8 Å². The number of hydrogen-bond acceptors (Lipinski definition) is 6. The summed E-state index contributed by atoms with van der Waals surface area (Å²) in [7, 11) is -4.00. The van der Waals surface area contributed by atoms with Crippen molar-refractivity contribution in [3.05, 3.63) is 169 Å². The van der Waals surface area contributed by atoms with Crippen LogP contribution in [0.3, 0.4) is 0 Å². The van der Waals surface area contributed by atoms with Crippen LogP contribution in [0.4, 0.5) is 0 Å². The van der Waals surface area contributed by atoms with Gasteiger partial charge < -0.3 is 25.8 Å². The van der Waals surface area contributed by atoms with E-state index in [1.54, 1.807) is 0 Å². The molecule has 0 atom stereocenters. The van der Waals surface area contributed by atoms with Crippen LogP contribution >= 0.6 is 16.5 Å². The topological polar surface area (TPSA) is 71.0 Å². The van der Waals surface area contributed by atoms with Crippen LogP contribution in [0.5, 0.6) is 11.5 Å². The molecule has 0 bridgehead atoms. The molecule has 60 heavy (non-hydrogen) atoms. The minimum atomic E-state index is -2.00. The van der Waals surface area contributed by atoms with Crippen LogP contribution in [0, 0.1) is 0 Å². The summed E-state index contributed by atoms with van der Waals surface area (Å²) >= 11 is 0. The largest absolute Gasteiger partial charge is 0.453 e. The summed E-state index contributed by atoms with van der Waals surface area (Å²) in [6.07, 6.45) is 0. The van der Waals surface area contributed by atoms with Crippen LogP contribution in [0.1, 0.15) is 52.7 Å². The van der Waals surface area contributed by atoms with Crippen molar-refractivity contribution in [3.63, 3.8) is 0 Å². The zero-order valence-electron chi connectivity index (χ0n) is 34.4. The van der Waals surface area contributed by atoms with Gasteiger partial charge in [-0.05, 0) is 79.9 Å². The lowest BCUT2D eigenvalue weighted by molar-refractivity contribution is 0.492. The highest BCUT2D eigenvalue weighted by Gasteiger charge is 2.29. The first kappa shape index (κ1) is 37.9. The molecule has 10 aromatic rings. The molecule has 0 aliphatic carbocycles. The predicted molar refractivity (Wildman–Crippen MR) is 249 cm³/mol. The van der Waals surface area contributed by atoms with Crippen molar-refractivity contribution in [3.8, 4) is 22.6 Å². The lowest BCUT2D eigenvalue weighted by Gasteiger charge is -2.27. The fourth-order valence-corrected chi connectivity index (χ4v) is 10.4. The molecule has 0 N–H and O–H groups in total. The molecule has 10 rings (SSSR count). The molecular formula is C52H44O6P2. The SMILES string of the molecule is CC(C)(C)c1cc(Op2oc3ccccc3c3ccccc3o2)c(-c2c(Op3oc4ccccc4c4ccccc4o3)cc(C(C)(C)C)c3ccccc23)c2ccccc12. The molecule has 0 aliphatic heterocycles. The molecule has 6 nitrogen and oxygen atoms in total. The van der Waals surface area contributed by atoms with Crippen molar-refractivity contribution in [1.29, 1.82) is 0 Å². The van der Waals surface area contributed by atoms with E-state index in [-0.39, 0.29) is 10.8 Å². The van der Waals surface area contributed by atoms with Crippen molar-refractivity contribution in [2.75, 3.05) is 0 Å². The van der Waals surface area contributed by atoms with Gasteiger partial charge in [-0.2, -0.15) is 0 Å². The van der Waals surface area contributed by atoms with E-state index < -0.39 is 16.5 Å². The second-order valence-corrected chi connectivity index (χ2v) is 19.2. The van der Waals surface area contributed by atoms with E-state index >= 15 is 0 Å². The normalized spacial score (nSPS) is 12.2. The molecule has 0 aliphatic rings. The maximum Gasteiger partial charge on any atom is 0.453 e. The summed E-state index contributed by atoms with van der Waals surface area (Å²) in [5.74, 6) is 1.23. The minimum Gasteiger partial charge on any atom is -0.390 e. The molecule has 2 aromatic heterocycles. The molecule has 2 heterocycles. The smallest absolute Gasteiger partial charge is 0.390 e. The summed E-state index contributed by atoms with van der Waals surface area (Å²) in [4.78, 5) is 0. The van der Waals surface area contributed by atoms with E-state index in [1.807, 2.05) is 72.8 Å². The van der Waals surface area contributed by atoms with Crippen LogP contribution in [0.25, 0.3) is 76.5 Å². The number of fused-ring (bicyclic) bond motifs is 8. The standard InChI is InChI=1S/C52H44O6P2/c1-51(2,3)41-31-47(57-59-53-43-27-15-11-21-35(43)36-22-12-16-28-44(36)54-59)49(39-25-9-7-19-33(39)41)50-40-26-10-8-20-34(40)42(52(4,5)6)32-48(50)58-60-55-45-29-17-13-23-37(45)38-24-14-18-30-46(38)56-60/h7-32H,1-6H3. The van der Waals surface area contributed by atoms with Gasteiger partial charge in [-0.15, -0.1) is 0 Å². The van der Waals surface area contributed by atoms with Gasteiger partial charge >= 0.3 is 16.5 Å². The Morgan fingerprint density at radius 1 is 0.333 bits per heavy atom. The van der Waals surface area contributed by atoms with Crippen LogP contribution in [0.15, 0.2) is 175 Å². The zero-order valence-corrected chi connectivity index (χ0v) is 36.1. The van der Waals surface area contributed by atoms with Gasteiger partial charge in [0.15, 0.2) is 0 Å². The molecule has 0 saturated heterocycles. The van der Waals surface area contributed by atoms with Crippen LogP contribution in [-0.4, -0.2) is 0 Å². The maximum atomic E-state index is 7.19. The summed E-state index contributed by atoms with van der Waals surface area (Å²) < 4.78 is 41.2. The quantitative estimate of drug-likeness (QED) is 0.172. The number of hydrogen-bond donors (Lipinski definition) is 0. The summed E-state index contributed by atoms with van der Waals surface area (Å²) in [6.45, 7) is 13.4. The van der Waals surface area contributed by atoms with Crippen molar-refractivity contribution in [2.45, 2.75) is 52.4 Å². The molecular weight excluding hydrogens is 783 g/mol. The molecule has 8 heteroatoms. The molecule has 298 valence electrons. The van der Waals surface area contributed by atoms with Crippen LogP contribution < -0.4 is 9.05 Å². The Balaban J connectivity index is 1.32. The fraction of sp³-hybridized carbons (Fsp3) is 0.154. The predicted octanol–water partition coefficient (Wildman–Crippen LogP) is 17.1. The van der Waals surface area contributed by atoms with Crippen molar-refractivity contribution >= 4 is 81.9 Å². The average Bonchev–Trinajstić information content (AvgIpc) is 3.50. The third-order valence-electron chi connectivity index (χ3n) is 11.0. The van der Waals surface area contributed by atoms with E-state index in [1.165, 1.54) is 0 Å². The highest BCUT2D eigenvalue weighted by molar-refractivity contribution is 7.32. The molecule has 0 unspecified atom stereocenters. The molecule has 0 saturated carbocycles. The highest BCUT2D eigenvalue weighted by atomic mass is 31.1. The van der Waals surface area contributed by atoms with Crippen molar-refractivity contribution in [2.24, 2.45) is 0 Å². The third-order valence-corrected chi connectivity index (χ3v) is 13.1. The van der Waals surface area contributed by atoms with Gasteiger partial charge in [0.1, 0.15) is 33.8 Å². The van der Waals surface area contributed by atoms with Crippen molar-refractivity contribution in [1.82, 2.24) is 0 Å². The minimum absolute atomic E-state index is 0.239. The Kier molecular flexibility index (Phi) is 9.32.